The summed E-state index contributed by atoms with van der Waals surface area (Å²) in [6, 6.07) is 14.8. The van der Waals surface area contributed by atoms with Crippen LogP contribution in [-0.2, 0) is 16.2 Å². The van der Waals surface area contributed by atoms with Crippen LogP contribution in [0, 0.1) is 24.2 Å². The van der Waals surface area contributed by atoms with Gasteiger partial charge in [0.25, 0.3) is 0 Å². The summed E-state index contributed by atoms with van der Waals surface area (Å²) in [4.78, 5) is 0. The third-order valence-corrected chi connectivity index (χ3v) is 6.22. The minimum atomic E-state index is 0.0101. The Morgan fingerprint density at radius 3 is 1.67 bits per heavy atom. The van der Waals surface area contributed by atoms with Crippen LogP contribution in [0.3, 0.4) is 0 Å². The van der Waals surface area contributed by atoms with Gasteiger partial charge in [-0.1, -0.05) is 104 Å². The fraction of sp³-hybridized carbons (Fsp3) is 0.414. The van der Waals surface area contributed by atoms with Crippen molar-refractivity contribution in [3.05, 3.63) is 64.7 Å². The van der Waals surface area contributed by atoms with Crippen LogP contribution in [0.2, 0.25) is 0 Å². The molecule has 30 heavy (non-hydrogen) atoms. The molecule has 0 radical (unpaired) electrons. The lowest BCUT2D eigenvalue weighted by Gasteiger charge is -2.32. The van der Waals surface area contributed by atoms with Gasteiger partial charge < -0.3 is 0 Å². The lowest BCUT2D eigenvalue weighted by molar-refractivity contribution is 0.554. The molecule has 0 unspecified atom stereocenters. The van der Waals surface area contributed by atoms with E-state index in [0.29, 0.717) is 0 Å². The molecule has 0 spiro atoms. The molecule has 0 saturated carbocycles. The van der Waals surface area contributed by atoms with Gasteiger partial charge in [-0.3, -0.25) is 0 Å². The third kappa shape index (κ3) is 6.11. The van der Waals surface area contributed by atoms with E-state index < -0.39 is 0 Å². The Kier molecular flexibility index (Phi) is 7.08. The van der Waals surface area contributed by atoms with Crippen LogP contribution in [0.25, 0.3) is 0 Å². The second-order valence-electron chi connectivity index (χ2n) is 10.9. The molecule has 2 aromatic rings. The van der Waals surface area contributed by atoms with Gasteiger partial charge in [0, 0.05) is 10.9 Å². The van der Waals surface area contributed by atoms with Gasteiger partial charge in [-0.15, -0.1) is 6.42 Å². The van der Waals surface area contributed by atoms with Gasteiger partial charge in [-0.2, -0.15) is 0 Å². The van der Waals surface area contributed by atoms with Crippen molar-refractivity contribution in [1.29, 1.82) is 0 Å². The van der Waals surface area contributed by atoms with E-state index in [2.05, 4.69) is 92.2 Å². The Bertz CT molecular complexity index is 993. The van der Waals surface area contributed by atoms with E-state index in [4.69, 9.17) is 6.42 Å². The minimum absolute atomic E-state index is 0.0101. The van der Waals surface area contributed by atoms with E-state index >= 15 is 0 Å². The van der Waals surface area contributed by atoms with Crippen molar-refractivity contribution in [3.8, 4) is 24.2 Å². The standard InChI is InChI=1S/C29H35P/c1-11-23(18-17-21-15-13-12-14-16-21)30-26-24(28(5,6)7)19-22(27(2,3)4)20-25(26)29(8,9)10/h1,12-16,19-20H,2-10H3. The molecular formula is C29H35P. The molecule has 0 N–H and O–H groups in total. The average Bonchev–Trinajstić information content (AvgIpc) is 2.63. The topological polar surface area (TPSA) is 0 Å². The molecular weight excluding hydrogens is 379 g/mol. The van der Waals surface area contributed by atoms with Crippen LogP contribution in [0.15, 0.2) is 42.5 Å². The first-order chi connectivity index (χ1) is 13.7. The first-order valence-corrected chi connectivity index (χ1v) is 11.4. The molecule has 0 aromatic heterocycles. The molecule has 0 aliphatic carbocycles. The summed E-state index contributed by atoms with van der Waals surface area (Å²) in [5.41, 5.74) is 5.17. The van der Waals surface area contributed by atoms with E-state index in [9.17, 15) is 0 Å². The largest absolute Gasteiger partial charge is 0.114 e. The fourth-order valence-electron chi connectivity index (χ4n) is 3.19. The molecule has 1 heteroatoms. The van der Waals surface area contributed by atoms with Crippen molar-refractivity contribution in [3.63, 3.8) is 0 Å². The molecule has 0 amide bonds. The van der Waals surface area contributed by atoms with Crippen molar-refractivity contribution in [2.75, 3.05) is 0 Å². The quantitative estimate of drug-likeness (QED) is 0.348. The van der Waals surface area contributed by atoms with E-state index in [1.54, 1.807) is 0 Å². The molecule has 2 rings (SSSR count). The number of benzene rings is 2. The van der Waals surface area contributed by atoms with E-state index in [0.717, 1.165) is 19.1 Å². The summed E-state index contributed by atoms with van der Waals surface area (Å²) in [6.45, 7) is 20.5. The van der Waals surface area contributed by atoms with Gasteiger partial charge in [-0.05, 0) is 59.2 Å². The van der Waals surface area contributed by atoms with E-state index in [1.165, 1.54) is 22.0 Å². The first-order valence-electron chi connectivity index (χ1n) is 10.6. The predicted octanol–water partition coefficient (Wildman–Crippen LogP) is 7.01. The van der Waals surface area contributed by atoms with Crippen molar-refractivity contribution in [2.45, 2.75) is 78.6 Å². The summed E-state index contributed by atoms with van der Waals surface area (Å²) < 4.78 is 0. The van der Waals surface area contributed by atoms with Crippen LogP contribution >= 0.6 is 8.20 Å². The summed E-state index contributed by atoms with van der Waals surface area (Å²) in [5, 5.41) is 2.11. The summed E-state index contributed by atoms with van der Waals surface area (Å²) in [5.74, 6) is 9.34. The summed E-state index contributed by atoms with van der Waals surface area (Å²) >= 11 is 0. The highest BCUT2D eigenvalue weighted by Gasteiger charge is 2.28. The number of hydrogen-bond acceptors (Lipinski definition) is 0. The van der Waals surface area contributed by atoms with Gasteiger partial charge >= 0.3 is 0 Å². The molecule has 2 aromatic carbocycles. The van der Waals surface area contributed by atoms with Crippen LogP contribution in [0.4, 0.5) is 0 Å². The van der Waals surface area contributed by atoms with Crippen molar-refractivity contribution in [2.24, 2.45) is 0 Å². The molecule has 0 aliphatic rings. The zero-order chi connectivity index (χ0) is 22.7. The zero-order valence-electron chi connectivity index (χ0n) is 20.1. The molecule has 0 fully saturated rings. The number of terminal acetylenes is 1. The normalized spacial score (nSPS) is 12.7. The van der Waals surface area contributed by atoms with Crippen LogP contribution in [0.1, 0.15) is 84.6 Å². The number of rotatable bonds is 1. The molecule has 0 bridgehead atoms. The summed E-state index contributed by atoms with van der Waals surface area (Å²) in [6.07, 6.45) is 5.91. The van der Waals surface area contributed by atoms with Gasteiger partial charge in [0.15, 0.2) is 0 Å². The van der Waals surface area contributed by atoms with Crippen LogP contribution < -0.4 is 5.30 Å². The third-order valence-electron chi connectivity index (χ3n) is 5.05. The van der Waals surface area contributed by atoms with Crippen molar-refractivity contribution in [1.82, 2.24) is 0 Å². The van der Waals surface area contributed by atoms with Gasteiger partial charge in [0.1, 0.15) is 5.29 Å². The predicted molar refractivity (Wildman–Crippen MR) is 136 cm³/mol. The van der Waals surface area contributed by atoms with Crippen LogP contribution in [-0.4, -0.2) is 5.29 Å². The SMILES string of the molecule is C#CC(C#Cc1ccccc1)=Pc1c(C(C)(C)C)cc(C(C)(C)C)cc1C(C)(C)C. The maximum atomic E-state index is 5.91. The highest BCUT2D eigenvalue weighted by molar-refractivity contribution is 7.50. The van der Waals surface area contributed by atoms with Crippen LogP contribution in [0.5, 0.6) is 0 Å². The smallest absolute Gasteiger partial charge is 0.102 e. The lowest BCUT2D eigenvalue weighted by atomic mass is 9.75. The molecule has 0 atom stereocenters. The van der Waals surface area contributed by atoms with Gasteiger partial charge in [0.05, 0.1) is 0 Å². The van der Waals surface area contributed by atoms with E-state index in [1.807, 2.05) is 30.3 Å². The second-order valence-corrected chi connectivity index (χ2v) is 12.0. The second kappa shape index (κ2) is 8.84. The van der Waals surface area contributed by atoms with Gasteiger partial charge in [0.2, 0.25) is 0 Å². The highest BCUT2D eigenvalue weighted by Crippen LogP contribution is 2.35. The summed E-state index contributed by atoms with van der Waals surface area (Å²) in [7, 11) is 1.01. The maximum absolute atomic E-state index is 5.91. The monoisotopic (exact) mass is 414 g/mol. The molecule has 0 saturated heterocycles. The Balaban J connectivity index is 2.81. The Hall–Kier alpha value is -2.27. The first kappa shape index (κ1) is 24.0. The Morgan fingerprint density at radius 1 is 0.767 bits per heavy atom. The van der Waals surface area contributed by atoms with E-state index in [-0.39, 0.29) is 16.2 Å². The molecule has 0 nitrogen and oxygen atoms in total. The highest BCUT2D eigenvalue weighted by atomic mass is 31.1. The zero-order valence-corrected chi connectivity index (χ0v) is 21.0. The number of hydrogen-bond donors (Lipinski definition) is 0. The molecule has 156 valence electrons. The van der Waals surface area contributed by atoms with Crippen molar-refractivity contribution >= 4 is 18.8 Å². The van der Waals surface area contributed by atoms with Crippen molar-refractivity contribution < 1.29 is 0 Å². The molecule has 0 heterocycles. The minimum Gasteiger partial charge on any atom is -0.114 e. The Labute approximate surface area is 186 Å². The molecule has 0 aliphatic heterocycles. The Morgan fingerprint density at radius 2 is 1.27 bits per heavy atom. The fourth-order valence-corrected chi connectivity index (χ4v) is 4.63. The lowest BCUT2D eigenvalue weighted by Crippen LogP contribution is -2.30. The maximum Gasteiger partial charge on any atom is 0.102 e. The average molecular weight is 415 g/mol. The van der Waals surface area contributed by atoms with Gasteiger partial charge in [-0.25, -0.2) is 0 Å².